The lowest BCUT2D eigenvalue weighted by molar-refractivity contribution is 0.0162. The smallest absolute Gasteiger partial charge is 0.0701 e. The molecular weight excluding hydrogens is 288 g/mol. The number of hydrogen-bond acceptors (Lipinski definition) is 3. The maximum Gasteiger partial charge on any atom is 0.0701 e. The average Bonchev–Trinajstić information content (AvgIpc) is 2.57. The summed E-state index contributed by atoms with van der Waals surface area (Å²) in [7, 11) is 0. The Balaban J connectivity index is 2.92. The van der Waals surface area contributed by atoms with Crippen molar-refractivity contribution in [3.63, 3.8) is 0 Å². The first-order chi connectivity index (χ1) is 11.4. The van der Waals surface area contributed by atoms with E-state index in [2.05, 4.69) is 6.92 Å². The monoisotopic (exact) mass is 330 g/mol. The average molecular weight is 331 g/mol. The zero-order chi connectivity index (χ0) is 16.8. The fraction of sp³-hybridized carbons (Fsp3) is 1.00. The zero-order valence-corrected chi connectivity index (χ0v) is 16.0. The summed E-state index contributed by atoms with van der Waals surface area (Å²) in [5, 5.41) is 0. The highest BCUT2D eigenvalue weighted by atomic mass is 16.5. The minimum Gasteiger partial charge on any atom is -0.379 e. The molecule has 0 aliphatic heterocycles. The van der Waals surface area contributed by atoms with Crippen molar-refractivity contribution in [2.24, 2.45) is 0 Å². The molecule has 0 aromatic rings. The molecule has 0 amide bonds. The van der Waals surface area contributed by atoms with Crippen LogP contribution in [0.4, 0.5) is 0 Å². The first-order valence-electron chi connectivity index (χ1n) is 10.1. The molecule has 0 radical (unpaired) electrons. The summed E-state index contributed by atoms with van der Waals surface area (Å²) < 4.78 is 16.2. The standard InChI is InChI=1S/C20H42O3/c1-3-5-6-7-8-9-10-11-12-13-14-15-16-22-19-20-23-18-17-21-4-2/h3-20H2,1-2H3. The quantitative estimate of drug-likeness (QED) is 0.266. The van der Waals surface area contributed by atoms with Gasteiger partial charge in [-0.2, -0.15) is 0 Å². The summed E-state index contributed by atoms with van der Waals surface area (Å²) in [6.07, 6.45) is 16.7. The Bertz CT molecular complexity index is 177. The molecule has 23 heavy (non-hydrogen) atoms. The summed E-state index contributed by atoms with van der Waals surface area (Å²) >= 11 is 0. The van der Waals surface area contributed by atoms with Gasteiger partial charge in [0.15, 0.2) is 0 Å². The molecule has 0 N–H and O–H groups in total. The molecule has 0 aromatic carbocycles. The molecule has 0 atom stereocenters. The van der Waals surface area contributed by atoms with Gasteiger partial charge >= 0.3 is 0 Å². The van der Waals surface area contributed by atoms with Gasteiger partial charge in [-0.05, 0) is 13.3 Å². The molecule has 0 bridgehead atoms. The van der Waals surface area contributed by atoms with Crippen LogP contribution in [0, 0.1) is 0 Å². The normalized spacial score (nSPS) is 11.2. The molecule has 0 fully saturated rings. The number of ether oxygens (including phenoxy) is 3. The second kappa shape index (κ2) is 21.9. The Morgan fingerprint density at radius 2 is 0.783 bits per heavy atom. The Morgan fingerprint density at radius 1 is 0.391 bits per heavy atom. The third-order valence-electron chi connectivity index (χ3n) is 4.09. The van der Waals surface area contributed by atoms with Crippen molar-refractivity contribution in [2.45, 2.75) is 90.9 Å². The predicted octanol–water partition coefficient (Wildman–Crippen LogP) is 5.76. The molecule has 0 spiro atoms. The fourth-order valence-corrected chi connectivity index (χ4v) is 2.63. The van der Waals surface area contributed by atoms with E-state index in [0.29, 0.717) is 26.4 Å². The SMILES string of the molecule is CCCCCCCCCCCCCCOCCOCCOCC. The van der Waals surface area contributed by atoms with Crippen molar-refractivity contribution in [3.8, 4) is 0 Å². The van der Waals surface area contributed by atoms with Gasteiger partial charge in [0.2, 0.25) is 0 Å². The Kier molecular flexibility index (Phi) is 21.8. The molecular formula is C20H42O3. The number of rotatable bonds is 20. The van der Waals surface area contributed by atoms with Gasteiger partial charge in [0.05, 0.1) is 26.4 Å². The number of hydrogen-bond donors (Lipinski definition) is 0. The van der Waals surface area contributed by atoms with Gasteiger partial charge in [-0.25, -0.2) is 0 Å². The van der Waals surface area contributed by atoms with E-state index in [1.54, 1.807) is 0 Å². The van der Waals surface area contributed by atoms with E-state index < -0.39 is 0 Å². The maximum atomic E-state index is 5.57. The summed E-state index contributed by atoms with van der Waals surface area (Å²) in [6.45, 7) is 8.69. The minimum atomic E-state index is 0.676. The lowest BCUT2D eigenvalue weighted by Gasteiger charge is -2.06. The van der Waals surface area contributed by atoms with Crippen LogP contribution in [-0.4, -0.2) is 39.6 Å². The second-order valence-corrected chi connectivity index (χ2v) is 6.31. The van der Waals surface area contributed by atoms with Crippen LogP contribution in [0.25, 0.3) is 0 Å². The van der Waals surface area contributed by atoms with Crippen molar-refractivity contribution in [3.05, 3.63) is 0 Å². The maximum absolute atomic E-state index is 5.57. The first kappa shape index (κ1) is 22.9. The summed E-state index contributed by atoms with van der Waals surface area (Å²) in [6, 6.07) is 0. The van der Waals surface area contributed by atoms with Crippen molar-refractivity contribution in [1.82, 2.24) is 0 Å². The Labute approximate surface area is 145 Å². The van der Waals surface area contributed by atoms with Gasteiger partial charge in [0.25, 0.3) is 0 Å². The Hall–Kier alpha value is -0.120. The summed E-state index contributed by atoms with van der Waals surface area (Å²) in [5.74, 6) is 0. The van der Waals surface area contributed by atoms with E-state index in [1.165, 1.54) is 77.0 Å². The van der Waals surface area contributed by atoms with Crippen LogP contribution in [-0.2, 0) is 14.2 Å². The van der Waals surface area contributed by atoms with Crippen molar-refractivity contribution in [1.29, 1.82) is 0 Å². The van der Waals surface area contributed by atoms with Gasteiger partial charge in [-0.3, -0.25) is 0 Å². The number of unbranched alkanes of at least 4 members (excludes halogenated alkanes) is 11. The minimum absolute atomic E-state index is 0.676. The van der Waals surface area contributed by atoms with Crippen molar-refractivity contribution in [2.75, 3.05) is 39.6 Å². The highest BCUT2D eigenvalue weighted by Crippen LogP contribution is 2.11. The van der Waals surface area contributed by atoms with Crippen LogP contribution < -0.4 is 0 Å². The molecule has 3 heteroatoms. The van der Waals surface area contributed by atoms with Gasteiger partial charge in [0.1, 0.15) is 0 Å². The van der Waals surface area contributed by atoms with Gasteiger partial charge in [0, 0.05) is 13.2 Å². The fourth-order valence-electron chi connectivity index (χ4n) is 2.63. The molecule has 0 aromatic heterocycles. The third-order valence-corrected chi connectivity index (χ3v) is 4.09. The Morgan fingerprint density at radius 3 is 1.26 bits per heavy atom. The molecule has 0 saturated heterocycles. The topological polar surface area (TPSA) is 27.7 Å². The van der Waals surface area contributed by atoms with E-state index in [0.717, 1.165) is 13.2 Å². The van der Waals surface area contributed by atoms with Crippen LogP contribution >= 0.6 is 0 Å². The van der Waals surface area contributed by atoms with Gasteiger partial charge in [-0.15, -0.1) is 0 Å². The highest BCUT2D eigenvalue weighted by Gasteiger charge is 1.94. The third kappa shape index (κ3) is 21.9. The molecule has 0 rings (SSSR count). The zero-order valence-electron chi connectivity index (χ0n) is 16.0. The van der Waals surface area contributed by atoms with Crippen LogP contribution in [0.1, 0.15) is 90.9 Å². The molecule has 0 unspecified atom stereocenters. The predicted molar refractivity (Wildman–Crippen MR) is 99.2 cm³/mol. The van der Waals surface area contributed by atoms with Gasteiger partial charge < -0.3 is 14.2 Å². The van der Waals surface area contributed by atoms with E-state index in [1.807, 2.05) is 6.92 Å². The van der Waals surface area contributed by atoms with E-state index in [9.17, 15) is 0 Å². The molecule has 0 aliphatic rings. The van der Waals surface area contributed by atoms with Gasteiger partial charge in [-0.1, -0.05) is 77.6 Å². The molecule has 0 aliphatic carbocycles. The largest absolute Gasteiger partial charge is 0.379 e. The molecule has 0 heterocycles. The van der Waals surface area contributed by atoms with Crippen molar-refractivity contribution >= 4 is 0 Å². The van der Waals surface area contributed by atoms with E-state index in [4.69, 9.17) is 14.2 Å². The highest BCUT2D eigenvalue weighted by molar-refractivity contribution is 4.48. The van der Waals surface area contributed by atoms with E-state index in [-0.39, 0.29) is 0 Å². The van der Waals surface area contributed by atoms with Crippen LogP contribution in [0.5, 0.6) is 0 Å². The van der Waals surface area contributed by atoms with Crippen LogP contribution in [0.3, 0.4) is 0 Å². The molecule has 3 nitrogen and oxygen atoms in total. The molecule has 140 valence electrons. The lowest BCUT2D eigenvalue weighted by atomic mass is 10.1. The van der Waals surface area contributed by atoms with Crippen LogP contribution in [0.15, 0.2) is 0 Å². The first-order valence-corrected chi connectivity index (χ1v) is 10.1. The second-order valence-electron chi connectivity index (χ2n) is 6.31. The summed E-state index contributed by atoms with van der Waals surface area (Å²) in [5.41, 5.74) is 0. The summed E-state index contributed by atoms with van der Waals surface area (Å²) in [4.78, 5) is 0. The van der Waals surface area contributed by atoms with Crippen molar-refractivity contribution < 1.29 is 14.2 Å². The molecule has 0 saturated carbocycles. The van der Waals surface area contributed by atoms with E-state index >= 15 is 0 Å². The van der Waals surface area contributed by atoms with Crippen LogP contribution in [0.2, 0.25) is 0 Å². The lowest BCUT2D eigenvalue weighted by Crippen LogP contribution is -2.09.